The molecule has 0 saturated heterocycles. The van der Waals surface area contributed by atoms with Gasteiger partial charge in [-0.3, -0.25) is 0 Å². The van der Waals surface area contributed by atoms with Crippen molar-refractivity contribution in [3.05, 3.63) is 78.1 Å². The van der Waals surface area contributed by atoms with Gasteiger partial charge in [0.15, 0.2) is 0 Å². The molecule has 3 rings (SSSR count). The van der Waals surface area contributed by atoms with Gasteiger partial charge in [-0.1, -0.05) is 42.5 Å². The van der Waals surface area contributed by atoms with Crippen LogP contribution in [0.3, 0.4) is 0 Å². The van der Waals surface area contributed by atoms with Crippen molar-refractivity contribution < 1.29 is 9.53 Å². The van der Waals surface area contributed by atoms with Crippen LogP contribution in [0.2, 0.25) is 0 Å². The third-order valence-corrected chi connectivity index (χ3v) is 3.70. The monoisotopic (exact) mass is 291 g/mol. The molecule has 3 nitrogen and oxygen atoms in total. The van der Waals surface area contributed by atoms with E-state index in [0.717, 1.165) is 16.8 Å². The van der Waals surface area contributed by atoms with E-state index in [9.17, 15) is 4.79 Å². The summed E-state index contributed by atoms with van der Waals surface area (Å²) in [4.78, 5) is 12.1. The molecule has 0 bridgehead atoms. The van der Waals surface area contributed by atoms with Crippen LogP contribution >= 0.6 is 0 Å². The number of hydrogen-bond donors (Lipinski definition) is 0. The molecule has 0 amide bonds. The van der Waals surface area contributed by atoms with Gasteiger partial charge in [-0.15, -0.1) is 0 Å². The van der Waals surface area contributed by atoms with Crippen molar-refractivity contribution in [2.24, 2.45) is 0 Å². The van der Waals surface area contributed by atoms with Gasteiger partial charge in [0.25, 0.3) is 0 Å². The number of para-hydroxylation sites is 1. The summed E-state index contributed by atoms with van der Waals surface area (Å²) in [7, 11) is 1.40. The van der Waals surface area contributed by atoms with E-state index in [-0.39, 0.29) is 5.97 Å². The van der Waals surface area contributed by atoms with Crippen molar-refractivity contribution in [2.45, 2.75) is 6.92 Å². The first-order valence-corrected chi connectivity index (χ1v) is 7.13. The maximum atomic E-state index is 12.1. The Hall–Kier alpha value is -2.81. The van der Waals surface area contributed by atoms with Crippen molar-refractivity contribution in [1.29, 1.82) is 0 Å². The van der Waals surface area contributed by atoms with E-state index in [0.29, 0.717) is 5.69 Å². The minimum atomic E-state index is -0.344. The Bertz CT molecular complexity index is 803. The Morgan fingerprint density at radius 3 is 2.36 bits per heavy atom. The smallest absolute Gasteiger partial charge is 0.355 e. The van der Waals surface area contributed by atoms with Gasteiger partial charge in [-0.05, 0) is 36.2 Å². The van der Waals surface area contributed by atoms with E-state index in [4.69, 9.17) is 4.74 Å². The highest BCUT2D eigenvalue weighted by Gasteiger charge is 2.16. The van der Waals surface area contributed by atoms with Gasteiger partial charge in [0.05, 0.1) is 7.11 Å². The van der Waals surface area contributed by atoms with Gasteiger partial charge >= 0.3 is 5.97 Å². The first-order chi connectivity index (χ1) is 10.7. The third-order valence-electron chi connectivity index (χ3n) is 3.70. The number of esters is 1. The fourth-order valence-corrected chi connectivity index (χ4v) is 2.57. The summed E-state index contributed by atoms with van der Waals surface area (Å²) in [5.74, 6) is -0.344. The van der Waals surface area contributed by atoms with Gasteiger partial charge in [0, 0.05) is 17.4 Å². The van der Waals surface area contributed by atoms with Crippen molar-refractivity contribution in [1.82, 2.24) is 4.57 Å². The predicted octanol–water partition coefficient (Wildman–Crippen LogP) is 4.24. The minimum absolute atomic E-state index is 0.344. The topological polar surface area (TPSA) is 31.2 Å². The van der Waals surface area contributed by atoms with Crippen LogP contribution in [0.25, 0.3) is 16.8 Å². The van der Waals surface area contributed by atoms with Crippen molar-refractivity contribution in [3.8, 4) is 16.8 Å². The third kappa shape index (κ3) is 2.53. The normalized spacial score (nSPS) is 10.5. The van der Waals surface area contributed by atoms with Crippen LogP contribution in [0.5, 0.6) is 0 Å². The highest BCUT2D eigenvalue weighted by Crippen LogP contribution is 2.27. The molecule has 0 fully saturated rings. The van der Waals surface area contributed by atoms with Crippen LogP contribution in [-0.2, 0) is 4.74 Å². The molecule has 0 N–H and O–H groups in total. The van der Waals surface area contributed by atoms with Crippen LogP contribution < -0.4 is 0 Å². The second-order valence-corrected chi connectivity index (χ2v) is 5.13. The lowest BCUT2D eigenvalue weighted by Gasteiger charge is -2.07. The maximum Gasteiger partial charge on any atom is 0.355 e. The Morgan fingerprint density at radius 2 is 1.68 bits per heavy atom. The molecule has 3 aromatic rings. The molecule has 0 aliphatic carbocycles. The molecule has 2 aromatic carbocycles. The number of hydrogen-bond acceptors (Lipinski definition) is 2. The zero-order valence-corrected chi connectivity index (χ0v) is 12.6. The van der Waals surface area contributed by atoms with Crippen molar-refractivity contribution >= 4 is 5.97 Å². The molecule has 0 spiro atoms. The molecule has 0 saturated carbocycles. The first-order valence-electron chi connectivity index (χ1n) is 7.13. The van der Waals surface area contributed by atoms with E-state index in [1.54, 1.807) is 0 Å². The summed E-state index contributed by atoms with van der Waals surface area (Å²) in [6.07, 6.45) is 1.98. The second kappa shape index (κ2) is 5.90. The quantitative estimate of drug-likeness (QED) is 0.676. The first kappa shape index (κ1) is 14.1. The van der Waals surface area contributed by atoms with E-state index < -0.39 is 0 Å². The second-order valence-electron chi connectivity index (χ2n) is 5.13. The highest BCUT2D eigenvalue weighted by atomic mass is 16.5. The molecule has 1 heterocycles. The lowest BCUT2D eigenvalue weighted by atomic mass is 10.0. The van der Waals surface area contributed by atoms with Gasteiger partial charge in [-0.25, -0.2) is 4.79 Å². The largest absolute Gasteiger partial charge is 0.464 e. The number of methoxy groups -OCH3 is 1. The number of aromatic nitrogens is 1. The Kier molecular flexibility index (Phi) is 3.79. The summed E-state index contributed by atoms with van der Waals surface area (Å²) < 4.78 is 6.79. The summed E-state index contributed by atoms with van der Waals surface area (Å²) in [6, 6.07) is 19.8. The lowest BCUT2D eigenvalue weighted by Crippen LogP contribution is -2.08. The Labute approximate surface area is 129 Å². The van der Waals surface area contributed by atoms with Crippen LogP contribution in [0, 0.1) is 6.92 Å². The van der Waals surface area contributed by atoms with E-state index in [1.165, 1.54) is 12.7 Å². The number of carbonyl (C=O) groups excluding carboxylic acids is 1. The van der Waals surface area contributed by atoms with Gasteiger partial charge in [0.2, 0.25) is 0 Å². The average Bonchev–Trinajstić information content (AvgIpc) is 3.00. The number of carbonyl (C=O) groups is 1. The average molecular weight is 291 g/mol. The van der Waals surface area contributed by atoms with E-state index in [2.05, 4.69) is 19.1 Å². The number of aryl methyl sites for hydroxylation is 1. The predicted molar refractivity (Wildman–Crippen MR) is 87.3 cm³/mol. The molecule has 0 aliphatic heterocycles. The van der Waals surface area contributed by atoms with Gasteiger partial charge < -0.3 is 9.30 Å². The molecule has 3 heteroatoms. The molecule has 1 aromatic heterocycles. The summed E-state index contributed by atoms with van der Waals surface area (Å²) in [6.45, 7) is 2.06. The number of nitrogens with zero attached hydrogens (tertiary/aromatic N) is 1. The van der Waals surface area contributed by atoms with Gasteiger partial charge in [-0.2, -0.15) is 0 Å². The minimum Gasteiger partial charge on any atom is -0.464 e. The highest BCUT2D eigenvalue weighted by molar-refractivity contribution is 5.91. The molecule has 0 radical (unpaired) electrons. The SMILES string of the molecule is COC(=O)c1cc(-c2ccccc2C)cn1-c1ccccc1. The van der Waals surface area contributed by atoms with Crippen molar-refractivity contribution in [3.63, 3.8) is 0 Å². The molecule has 110 valence electrons. The van der Waals surface area contributed by atoms with Crippen LogP contribution in [-0.4, -0.2) is 17.6 Å². The van der Waals surface area contributed by atoms with E-state index >= 15 is 0 Å². The molecular weight excluding hydrogens is 274 g/mol. The Balaban J connectivity index is 2.18. The molecule has 0 aliphatic rings. The standard InChI is InChI=1S/C19H17NO2/c1-14-8-6-7-11-17(14)15-12-18(19(21)22-2)20(13-15)16-9-4-3-5-10-16/h3-13H,1-2H3. The summed E-state index contributed by atoms with van der Waals surface area (Å²) in [5, 5.41) is 0. The van der Waals surface area contributed by atoms with Crippen LogP contribution in [0.4, 0.5) is 0 Å². The van der Waals surface area contributed by atoms with E-state index in [1.807, 2.05) is 59.3 Å². The van der Waals surface area contributed by atoms with Crippen LogP contribution in [0.1, 0.15) is 16.1 Å². The number of benzene rings is 2. The fourth-order valence-electron chi connectivity index (χ4n) is 2.57. The van der Waals surface area contributed by atoms with Crippen LogP contribution in [0.15, 0.2) is 66.9 Å². The summed E-state index contributed by atoms with van der Waals surface area (Å²) >= 11 is 0. The van der Waals surface area contributed by atoms with Gasteiger partial charge in [0.1, 0.15) is 5.69 Å². The molecule has 0 unspecified atom stereocenters. The number of rotatable bonds is 3. The zero-order chi connectivity index (χ0) is 15.5. The fraction of sp³-hybridized carbons (Fsp3) is 0.105. The zero-order valence-electron chi connectivity index (χ0n) is 12.6. The molecule has 0 atom stereocenters. The number of ether oxygens (including phenoxy) is 1. The lowest BCUT2D eigenvalue weighted by molar-refractivity contribution is 0.0591. The van der Waals surface area contributed by atoms with Crippen molar-refractivity contribution in [2.75, 3.05) is 7.11 Å². The summed E-state index contributed by atoms with van der Waals surface area (Å²) in [5.41, 5.74) is 4.74. The maximum absolute atomic E-state index is 12.1. The Morgan fingerprint density at radius 1 is 1.00 bits per heavy atom. The molecule has 22 heavy (non-hydrogen) atoms. The molecular formula is C19H17NO2.